The molecule has 0 aromatic heterocycles. The Morgan fingerprint density at radius 3 is 0.500 bits per heavy atom. The molecule has 342 valence electrons. The van der Waals surface area contributed by atoms with Gasteiger partial charge in [-0.05, 0) is 108 Å². The molecule has 0 nitrogen and oxygen atoms in total. The Hall–Kier alpha value is -3.36. The van der Waals surface area contributed by atoms with Crippen molar-refractivity contribution in [2.24, 2.45) is 0 Å². The largest absolute Gasteiger partial charge is 0.152 e. The van der Waals surface area contributed by atoms with Crippen LogP contribution in [0.4, 0.5) is 0 Å². The zero-order valence-corrected chi connectivity index (χ0v) is 44.7. The van der Waals surface area contributed by atoms with Gasteiger partial charge in [0.25, 0.3) is 0 Å². The van der Waals surface area contributed by atoms with E-state index in [0.717, 1.165) is 69.0 Å². The minimum atomic E-state index is 1.01. The molecule has 0 saturated carbocycles. The van der Waals surface area contributed by atoms with Crippen LogP contribution >= 0.6 is 70.6 Å². The molecule has 7 rings (SSSR count). The van der Waals surface area contributed by atoms with E-state index in [1.54, 1.807) is 33.4 Å². The molecule has 0 aliphatic rings. The summed E-state index contributed by atoms with van der Waals surface area (Å²) in [7, 11) is 0. The van der Waals surface area contributed by atoms with Gasteiger partial charge in [0.05, 0.1) is 0 Å². The maximum absolute atomic E-state index is 2.37. The van der Waals surface area contributed by atoms with Gasteiger partial charge in [0.15, 0.2) is 0 Å². The van der Waals surface area contributed by atoms with Gasteiger partial charge < -0.3 is 0 Å². The molecule has 0 atom stereocenters. The van der Waals surface area contributed by atoms with Crippen LogP contribution in [0.5, 0.6) is 0 Å². The summed E-state index contributed by atoms with van der Waals surface area (Å²) in [5, 5.41) is 0. The van der Waals surface area contributed by atoms with Crippen molar-refractivity contribution < 1.29 is 0 Å². The highest BCUT2D eigenvalue weighted by Crippen LogP contribution is 2.42. The van der Waals surface area contributed by atoms with Crippen LogP contribution < -0.4 is 0 Å². The molecular weight excluding hydrogens is 913 g/mol. The van der Waals surface area contributed by atoms with Crippen LogP contribution in [-0.2, 0) is 69.0 Å². The van der Waals surface area contributed by atoms with Crippen molar-refractivity contribution in [1.82, 2.24) is 0 Å². The van der Waals surface area contributed by atoms with Crippen LogP contribution in [0.3, 0.4) is 0 Å². The van der Waals surface area contributed by atoms with Crippen LogP contribution in [0.1, 0.15) is 100 Å². The summed E-state index contributed by atoms with van der Waals surface area (Å²) in [4.78, 5) is 0. The Labute approximate surface area is 423 Å². The fraction of sp³-hybridized carbons (Fsp3) is 0.300. The Morgan fingerprint density at radius 1 is 0.212 bits per heavy atom. The normalized spacial score (nSPS) is 11.4. The highest BCUT2D eigenvalue weighted by molar-refractivity contribution is 7.99. The first-order valence-electron chi connectivity index (χ1n) is 23.1. The molecule has 0 unspecified atom stereocenters. The van der Waals surface area contributed by atoms with E-state index >= 15 is 0 Å². The van der Waals surface area contributed by atoms with Crippen LogP contribution in [0.2, 0.25) is 0 Å². The van der Waals surface area contributed by atoms with E-state index in [0.29, 0.717) is 0 Å². The van der Waals surface area contributed by atoms with E-state index in [2.05, 4.69) is 258 Å². The third-order valence-corrected chi connectivity index (χ3v) is 18.0. The molecule has 6 heteroatoms. The van der Waals surface area contributed by atoms with Crippen molar-refractivity contribution in [1.29, 1.82) is 0 Å². The lowest BCUT2D eigenvalue weighted by Crippen LogP contribution is -2.12. The molecule has 0 radical (unpaired) electrons. The number of thioether (sulfide) groups is 6. The second-order valence-electron chi connectivity index (χ2n) is 17.8. The molecule has 0 aliphatic heterocycles. The summed E-state index contributed by atoms with van der Waals surface area (Å²) in [6.45, 7) is 13.3. The lowest BCUT2D eigenvalue weighted by Gasteiger charge is -2.27. The van der Waals surface area contributed by atoms with Gasteiger partial charge in [-0.3, -0.25) is 0 Å². The van der Waals surface area contributed by atoms with E-state index in [4.69, 9.17) is 0 Å². The molecule has 0 bridgehead atoms. The van der Waals surface area contributed by atoms with Crippen LogP contribution in [0.15, 0.2) is 146 Å². The third-order valence-electron chi connectivity index (χ3n) is 11.8. The predicted octanol–water partition coefficient (Wildman–Crippen LogP) is 18.1. The van der Waals surface area contributed by atoms with Gasteiger partial charge in [0.2, 0.25) is 0 Å². The Bertz CT molecular complexity index is 2160. The monoisotopic (exact) mass is 978 g/mol. The first kappa shape index (κ1) is 50.5. The van der Waals surface area contributed by atoms with Crippen molar-refractivity contribution in [2.45, 2.75) is 111 Å². The topological polar surface area (TPSA) is 0 Å². The van der Waals surface area contributed by atoms with Crippen LogP contribution in [0, 0.1) is 41.5 Å². The van der Waals surface area contributed by atoms with Gasteiger partial charge in [-0.25, -0.2) is 0 Å². The van der Waals surface area contributed by atoms with E-state index in [9.17, 15) is 0 Å². The molecule has 7 aromatic rings. The van der Waals surface area contributed by atoms with Crippen LogP contribution in [0.25, 0.3) is 0 Å². The van der Waals surface area contributed by atoms with Gasteiger partial charge >= 0.3 is 0 Å². The highest BCUT2D eigenvalue weighted by Gasteiger charge is 2.25. The number of benzene rings is 7. The fourth-order valence-electron chi connectivity index (χ4n) is 8.58. The molecule has 0 amide bonds. The maximum atomic E-state index is 2.37. The zero-order chi connectivity index (χ0) is 46.1. The van der Waals surface area contributed by atoms with E-state index in [-0.39, 0.29) is 0 Å². The SMILES string of the molecule is Cc1cccc(CSCc2c(CSCc3cccc(C)c3)c(CSCc3cccc(C)c3)c(CSCc3cccc(C)c3)c(CSCc3cccc(C)c3)c2CSCc2cccc(C)c2)c1. The van der Waals surface area contributed by atoms with E-state index in [1.165, 1.54) is 66.8 Å². The minimum absolute atomic E-state index is 1.01. The summed E-state index contributed by atoms with van der Waals surface area (Å²) in [5.41, 5.74) is 26.1. The van der Waals surface area contributed by atoms with E-state index in [1.807, 2.05) is 0 Å². The number of aryl methyl sites for hydroxylation is 6. The smallest absolute Gasteiger partial charge is 0.0194 e. The van der Waals surface area contributed by atoms with E-state index < -0.39 is 0 Å². The van der Waals surface area contributed by atoms with Crippen molar-refractivity contribution >= 4 is 70.6 Å². The molecule has 66 heavy (non-hydrogen) atoms. The highest BCUT2D eigenvalue weighted by atomic mass is 32.2. The summed E-state index contributed by atoms with van der Waals surface area (Å²) in [5.74, 6) is 12.1. The Morgan fingerprint density at radius 2 is 0.364 bits per heavy atom. The molecule has 0 fully saturated rings. The average Bonchev–Trinajstić information content (AvgIpc) is 3.29. The first-order chi connectivity index (χ1) is 32.2. The first-order valence-corrected chi connectivity index (χ1v) is 30.1. The summed E-state index contributed by atoms with van der Waals surface area (Å²) < 4.78 is 0. The summed E-state index contributed by atoms with van der Waals surface area (Å²) >= 11 is 12.6. The third kappa shape index (κ3) is 15.9. The number of hydrogen-bond acceptors (Lipinski definition) is 6. The lowest BCUT2D eigenvalue weighted by atomic mass is 9.90. The average molecular weight is 980 g/mol. The number of hydrogen-bond donors (Lipinski definition) is 0. The lowest BCUT2D eigenvalue weighted by molar-refractivity contribution is 1.07. The molecule has 7 aromatic carbocycles. The van der Waals surface area contributed by atoms with Crippen molar-refractivity contribution in [3.05, 3.63) is 246 Å². The molecule has 0 heterocycles. The Balaban J connectivity index is 1.35. The molecular formula is C60H66S6. The quantitative estimate of drug-likeness (QED) is 0.0588. The second kappa shape index (κ2) is 26.4. The van der Waals surface area contributed by atoms with Gasteiger partial charge in [-0.1, -0.05) is 179 Å². The predicted molar refractivity (Wildman–Crippen MR) is 304 cm³/mol. The standard InChI is InChI=1S/C60H66S6/c1-43-13-7-19-49(25-43)31-61-37-55-56(38-62-32-50-20-8-14-44(2)26-50)58(40-64-34-52-22-10-16-46(4)28-52)60(42-66-36-54-24-12-18-48(6)30-54)59(41-65-35-53-23-11-17-47(5)29-53)57(55)39-63-33-51-21-9-15-45(3)27-51/h7-30H,31-42H2,1-6H3. The van der Waals surface area contributed by atoms with Crippen LogP contribution in [-0.4, -0.2) is 0 Å². The number of rotatable bonds is 24. The summed E-state index contributed by atoms with van der Waals surface area (Å²) in [6.07, 6.45) is 0. The summed E-state index contributed by atoms with van der Waals surface area (Å²) in [6, 6.07) is 54.8. The van der Waals surface area contributed by atoms with Gasteiger partial charge in [0, 0.05) is 69.0 Å². The molecule has 0 saturated heterocycles. The minimum Gasteiger partial charge on any atom is -0.152 e. The maximum Gasteiger partial charge on any atom is 0.0194 e. The van der Waals surface area contributed by atoms with Crippen molar-refractivity contribution in [3.63, 3.8) is 0 Å². The second-order valence-corrected chi connectivity index (χ2v) is 23.7. The van der Waals surface area contributed by atoms with Gasteiger partial charge in [-0.15, -0.1) is 0 Å². The van der Waals surface area contributed by atoms with Crippen molar-refractivity contribution in [3.8, 4) is 0 Å². The molecule has 0 N–H and O–H groups in total. The molecule has 0 aliphatic carbocycles. The van der Waals surface area contributed by atoms with Gasteiger partial charge in [-0.2, -0.15) is 70.6 Å². The Kier molecular flexibility index (Phi) is 20.2. The molecule has 0 spiro atoms. The zero-order valence-electron chi connectivity index (χ0n) is 39.8. The van der Waals surface area contributed by atoms with Gasteiger partial charge in [0.1, 0.15) is 0 Å². The van der Waals surface area contributed by atoms with Crippen molar-refractivity contribution in [2.75, 3.05) is 0 Å². The fourth-order valence-corrected chi connectivity index (χ4v) is 15.0.